The first-order chi connectivity index (χ1) is 17.5. The van der Waals surface area contributed by atoms with Gasteiger partial charge in [-0.1, -0.05) is 12.1 Å². The molecule has 0 radical (unpaired) electrons. The molecule has 1 unspecified atom stereocenters. The highest BCUT2D eigenvalue weighted by atomic mass is 32.2. The van der Waals surface area contributed by atoms with Gasteiger partial charge in [-0.3, -0.25) is 4.79 Å². The number of rotatable bonds is 9. The van der Waals surface area contributed by atoms with Crippen molar-refractivity contribution in [1.82, 2.24) is 9.29 Å². The molecule has 2 aromatic heterocycles. The second-order valence-corrected chi connectivity index (χ2v) is 11.9. The third-order valence-corrected chi connectivity index (χ3v) is 8.93. The molecule has 4 aromatic rings. The van der Waals surface area contributed by atoms with Crippen LogP contribution in [-0.2, 0) is 22.1 Å². The number of pyridine rings is 1. The normalized spacial score (nSPS) is 13.5. The van der Waals surface area contributed by atoms with Gasteiger partial charge in [0.2, 0.25) is 10.0 Å². The third kappa shape index (κ3) is 6.13. The molecule has 3 N–H and O–H groups in total. The van der Waals surface area contributed by atoms with Gasteiger partial charge in [-0.15, -0.1) is 11.3 Å². The highest BCUT2D eigenvalue weighted by Gasteiger charge is 2.33. The molecule has 0 spiro atoms. The Morgan fingerprint density at radius 1 is 1.19 bits per heavy atom. The summed E-state index contributed by atoms with van der Waals surface area (Å²) in [4.78, 5) is 16.3. The van der Waals surface area contributed by atoms with Crippen molar-refractivity contribution in [2.75, 3.05) is 25.2 Å². The molecule has 1 amide bonds. The molecule has 8 nitrogen and oxygen atoms in total. The van der Waals surface area contributed by atoms with Crippen molar-refractivity contribution >= 4 is 43.0 Å². The summed E-state index contributed by atoms with van der Waals surface area (Å²) in [7, 11) is -0.625. The smallest absolute Gasteiger partial charge is 0.274 e. The molecule has 37 heavy (non-hydrogen) atoms. The number of sulfonamides is 1. The molecule has 0 aliphatic heterocycles. The Kier molecular flexibility index (Phi) is 7.60. The maximum Gasteiger partial charge on any atom is 0.274 e. The van der Waals surface area contributed by atoms with Gasteiger partial charge in [0.15, 0.2) is 0 Å². The van der Waals surface area contributed by atoms with Crippen molar-refractivity contribution in [1.29, 1.82) is 0 Å². The van der Waals surface area contributed by atoms with E-state index in [1.165, 1.54) is 28.8 Å². The van der Waals surface area contributed by atoms with Crippen LogP contribution in [0.1, 0.15) is 28.5 Å². The number of carbonyl (C=O) groups excluding carboxylic acids is 1. The molecular formula is C26H27FN4O4S2. The van der Waals surface area contributed by atoms with E-state index >= 15 is 0 Å². The van der Waals surface area contributed by atoms with E-state index in [1.54, 1.807) is 38.3 Å². The Labute approximate surface area is 218 Å². The van der Waals surface area contributed by atoms with Crippen LogP contribution in [0.5, 0.6) is 5.75 Å². The number of methoxy groups -OCH3 is 1. The van der Waals surface area contributed by atoms with Crippen molar-refractivity contribution in [3.63, 3.8) is 0 Å². The fourth-order valence-electron chi connectivity index (χ4n) is 3.91. The van der Waals surface area contributed by atoms with Crippen LogP contribution in [0.25, 0.3) is 10.1 Å². The minimum Gasteiger partial charge on any atom is -0.497 e. The zero-order valence-electron chi connectivity index (χ0n) is 20.6. The van der Waals surface area contributed by atoms with Gasteiger partial charge in [0.25, 0.3) is 5.91 Å². The first kappa shape index (κ1) is 26.7. The number of amides is 1. The number of nitrogens with two attached hydrogens (primary N) is 1. The zero-order chi connectivity index (χ0) is 26.8. The first-order valence-electron chi connectivity index (χ1n) is 11.3. The van der Waals surface area contributed by atoms with Gasteiger partial charge >= 0.3 is 0 Å². The fraction of sp³-hybridized carbons (Fsp3) is 0.231. The van der Waals surface area contributed by atoms with Gasteiger partial charge in [-0.25, -0.2) is 22.1 Å². The summed E-state index contributed by atoms with van der Waals surface area (Å²) in [6.07, 6.45) is 0.973. The summed E-state index contributed by atoms with van der Waals surface area (Å²) in [6.45, 7) is 1.88. The van der Waals surface area contributed by atoms with E-state index in [0.717, 1.165) is 27.9 Å². The molecule has 2 heterocycles. The molecule has 0 aliphatic carbocycles. The van der Waals surface area contributed by atoms with Crippen molar-refractivity contribution in [3.05, 3.63) is 88.8 Å². The number of hydrogen-bond donors (Lipinski definition) is 2. The summed E-state index contributed by atoms with van der Waals surface area (Å²) >= 11 is 1.44. The van der Waals surface area contributed by atoms with Crippen LogP contribution in [0.2, 0.25) is 0 Å². The van der Waals surface area contributed by atoms with Crippen LogP contribution in [-0.4, -0.2) is 43.5 Å². The minimum atomic E-state index is -3.72. The Morgan fingerprint density at radius 2 is 1.92 bits per heavy atom. The molecule has 4 rings (SSSR count). The summed E-state index contributed by atoms with van der Waals surface area (Å²) in [5, 5.41) is 5.33. The molecule has 0 saturated carbocycles. The summed E-state index contributed by atoms with van der Waals surface area (Å²) in [5.41, 5.74) is 7.44. The maximum atomic E-state index is 13.2. The Balaban J connectivity index is 1.53. The number of carbonyl (C=O) groups is 1. The van der Waals surface area contributed by atoms with E-state index in [0.29, 0.717) is 17.0 Å². The van der Waals surface area contributed by atoms with Crippen molar-refractivity contribution in [2.24, 2.45) is 5.73 Å². The van der Waals surface area contributed by atoms with Gasteiger partial charge in [-0.2, -0.15) is 0 Å². The van der Waals surface area contributed by atoms with E-state index in [9.17, 15) is 17.6 Å². The van der Waals surface area contributed by atoms with Crippen molar-refractivity contribution in [3.8, 4) is 5.75 Å². The largest absolute Gasteiger partial charge is 0.497 e. The molecule has 11 heteroatoms. The molecule has 0 fully saturated rings. The molecule has 2 aromatic carbocycles. The number of fused-ring (bicyclic) bond motifs is 1. The second-order valence-electron chi connectivity index (χ2n) is 8.95. The summed E-state index contributed by atoms with van der Waals surface area (Å²) in [6, 6.07) is 15.0. The number of halogens is 1. The van der Waals surface area contributed by atoms with Gasteiger partial charge in [0.1, 0.15) is 17.3 Å². The number of benzene rings is 2. The standard InChI is InChI=1S/C26H27FN4O4S2/c1-26(28,16-37(33,34)31(2)14-17-4-8-20(35-3)9-5-17)22-15-36-24-11-7-19(12-21(22)24)30-25(32)23-10-6-18(27)13-29-23/h4-13,15H,14,16,28H2,1-3H3,(H,30,32). The van der Waals surface area contributed by atoms with E-state index in [2.05, 4.69) is 10.3 Å². The number of aromatic nitrogens is 1. The van der Waals surface area contributed by atoms with E-state index in [1.807, 2.05) is 23.6 Å². The number of nitrogens with one attached hydrogen (secondary N) is 1. The molecular weight excluding hydrogens is 515 g/mol. The van der Waals surface area contributed by atoms with E-state index < -0.39 is 27.3 Å². The summed E-state index contributed by atoms with van der Waals surface area (Å²) < 4.78 is 46.9. The lowest BCUT2D eigenvalue weighted by Crippen LogP contribution is -2.44. The molecule has 0 saturated heterocycles. The van der Waals surface area contributed by atoms with E-state index in [4.69, 9.17) is 10.5 Å². The Morgan fingerprint density at radius 3 is 2.57 bits per heavy atom. The number of thiophene rings is 1. The Hall–Kier alpha value is -3.38. The minimum absolute atomic E-state index is 0.0710. The van der Waals surface area contributed by atoms with Crippen LogP contribution >= 0.6 is 11.3 Å². The van der Waals surface area contributed by atoms with Crippen molar-refractivity contribution < 1.29 is 22.3 Å². The van der Waals surface area contributed by atoms with Crippen LogP contribution in [0.4, 0.5) is 10.1 Å². The predicted molar refractivity (Wildman–Crippen MR) is 144 cm³/mol. The summed E-state index contributed by atoms with van der Waals surface area (Å²) in [5.74, 6) is -0.645. The average molecular weight is 543 g/mol. The maximum absolute atomic E-state index is 13.2. The topological polar surface area (TPSA) is 115 Å². The SMILES string of the molecule is COc1ccc(CN(C)S(=O)(=O)CC(C)(N)c2csc3ccc(NC(=O)c4ccc(F)cn4)cc23)cc1. The number of hydrogen-bond acceptors (Lipinski definition) is 7. The number of nitrogens with zero attached hydrogens (tertiary/aromatic N) is 2. The first-order valence-corrected chi connectivity index (χ1v) is 13.8. The Bertz CT molecular complexity index is 1520. The lowest BCUT2D eigenvalue weighted by molar-refractivity contribution is 0.102. The van der Waals surface area contributed by atoms with Gasteiger partial charge < -0.3 is 15.8 Å². The van der Waals surface area contributed by atoms with Crippen LogP contribution in [0, 0.1) is 5.82 Å². The lowest BCUT2D eigenvalue weighted by Gasteiger charge is -2.27. The van der Waals surface area contributed by atoms with Crippen LogP contribution in [0.3, 0.4) is 0 Å². The fourth-order valence-corrected chi connectivity index (χ4v) is 6.47. The average Bonchev–Trinajstić information content (AvgIpc) is 3.28. The molecule has 0 bridgehead atoms. The van der Waals surface area contributed by atoms with Crippen LogP contribution in [0.15, 0.2) is 66.2 Å². The predicted octanol–water partition coefficient (Wildman–Crippen LogP) is 4.33. The van der Waals surface area contributed by atoms with Gasteiger partial charge in [0, 0.05) is 24.0 Å². The lowest BCUT2D eigenvalue weighted by atomic mass is 9.95. The highest BCUT2D eigenvalue weighted by molar-refractivity contribution is 7.89. The van der Waals surface area contributed by atoms with Gasteiger partial charge in [-0.05, 0) is 71.3 Å². The molecule has 1 atom stereocenters. The second kappa shape index (κ2) is 10.5. The third-order valence-electron chi connectivity index (χ3n) is 5.93. The zero-order valence-corrected chi connectivity index (χ0v) is 22.2. The number of ether oxygens (including phenoxy) is 1. The van der Waals surface area contributed by atoms with E-state index in [-0.39, 0.29) is 18.0 Å². The van der Waals surface area contributed by atoms with Crippen LogP contribution < -0.4 is 15.8 Å². The quantitative estimate of drug-likeness (QED) is 0.325. The highest BCUT2D eigenvalue weighted by Crippen LogP contribution is 2.35. The van der Waals surface area contributed by atoms with Crippen molar-refractivity contribution in [2.45, 2.75) is 19.0 Å². The molecule has 194 valence electrons. The number of anilines is 1. The monoisotopic (exact) mass is 542 g/mol. The van der Waals surface area contributed by atoms with Gasteiger partial charge in [0.05, 0.1) is 24.6 Å². The molecule has 0 aliphatic rings.